The molecule has 0 atom stereocenters. The van der Waals surface area contributed by atoms with Crippen LogP contribution >= 0.6 is 35.4 Å². The number of rotatable bonds is 3. The Morgan fingerprint density at radius 3 is 2.46 bits per heavy atom. The molecule has 0 bridgehead atoms. The summed E-state index contributed by atoms with van der Waals surface area (Å²) in [4.78, 5) is 37.9. The summed E-state index contributed by atoms with van der Waals surface area (Å²) in [6.07, 6.45) is 1.39. The molecule has 1 saturated heterocycles. The molecule has 0 spiro atoms. The van der Waals surface area contributed by atoms with Gasteiger partial charge in [-0.3, -0.25) is 19.8 Å². The highest BCUT2D eigenvalue weighted by molar-refractivity contribution is 7.80. The molecule has 0 aromatic heterocycles. The van der Waals surface area contributed by atoms with Gasteiger partial charge in [0.1, 0.15) is 5.57 Å². The molecule has 3 rings (SSSR count). The number of carbonyl (C=O) groups excluding carboxylic acids is 3. The van der Waals surface area contributed by atoms with Crippen molar-refractivity contribution in [3.05, 3.63) is 69.2 Å². The lowest BCUT2D eigenvalue weighted by atomic mass is 10.1. The number of nitrogens with one attached hydrogen (secondary N) is 1. The maximum atomic E-state index is 13.0. The number of thiocarbonyl (C=S) groups is 1. The second kappa shape index (κ2) is 8.10. The molecule has 28 heavy (non-hydrogen) atoms. The predicted molar refractivity (Wildman–Crippen MR) is 110 cm³/mol. The number of halogens is 2. The van der Waals surface area contributed by atoms with E-state index in [9.17, 15) is 14.4 Å². The summed E-state index contributed by atoms with van der Waals surface area (Å²) in [6, 6.07) is 11.0. The third kappa shape index (κ3) is 3.77. The zero-order chi connectivity index (χ0) is 20.4. The average molecular weight is 435 g/mol. The van der Waals surface area contributed by atoms with Crippen molar-refractivity contribution in [3.63, 3.8) is 0 Å². The number of esters is 1. The van der Waals surface area contributed by atoms with Crippen molar-refractivity contribution < 1.29 is 19.1 Å². The van der Waals surface area contributed by atoms with Gasteiger partial charge in [-0.15, -0.1) is 0 Å². The molecular formula is C19H12Cl2N2O4S. The molecule has 2 aromatic rings. The zero-order valence-electron chi connectivity index (χ0n) is 14.4. The smallest absolute Gasteiger partial charge is 0.337 e. The Balaban J connectivity index is 1.99. The van der Waals surface area contributed by atoms with Gasteiger partial charge >= 0.3 is 5.97 Å². The first kappa shape index (κ1) is 20.0. The molecule has 9 heteroatoms. The summed E-state index contributed by atoms with van der Waals surface area (Å²) in [5.41, 5.74) is 1.00. The van der Waals surface area contributed by atoms with Gasteiger partial charge in [-0.1, -0.05) is 41.4 Å². The van der Waals surface area contributed by atoms with Crippen molar-refractivity contribution in [1.29, 1.82) is 0 Å². The van der Waals surface area contributed by atoms with Gasteiger partial charge in [0.25, 0.3) is 11.8 Å². The molecule has 0 radical (unpaired) electrons. The number of anilines is 1. The lowest BCUT2D eigenvalue weighted by molar-refractivity contribution is -0.122. The van der Waals surface area contributed by atoms with Gasteiger partial charge in [-0.05, 0) is 48.1 Å². The first-order valence-corrected chi connectivity index (χ1v) is 9.03. The number of hydrogen-bond donors (Lipinski definition) is 1. The van der Waals surface area contributed by atoms with E-state index in [0.29, 0.717) is 11.1 Å². The number of hydrogen-bond acceptors (Lipinski definition) is 5. The van der Waals surface area contributed by atoms with E-state index in [4.69, 9.17) is 35.4 Å². The standard InChI is InChI=1S/C19H12Cl2N2O4S/c1-27-18(26)11-7-5-10(6-8-11)9-12-16(24)22-19(28)23(17(12)25)14-4-2-3-13(20)15(14)21/h2-9H,1H3,(H,22,24,28)/b12-9-. The number of ether oxygens (including phenoxy) is 1. The van der Waals surface area contributed by atoms with E-state index in [1.165, 1.54) is 25.3 Å². The topological polar surface area (TPSA) is 75.7 Å². The summed E-state index contributed by atoms with van der Waals surface area (Å²) in [6.45, 7) is 0. The Morgan fingerprint density at radius 1 is 1.14 bits per heavy atom. The summed E-state index contributed by atoms with van der Waals surface area (Å²) >= 11 is 17.4. The third-order valence-electron chi connectivity index (χ3n) is 3.92. The van der Waals surface area contributed by atoms with Crippen molar-refractivity contribution in [3.8, 4) is 0 Å². The molecular weight excluding hydrogens is 423 g/mol. The number of benzene rings is 2. The molecule has 0 saturated carbocycles. The molecule has 1 fully saturated rings. The van der Waals surface area contributed by atoms with Crippen LogP contribution in [0.1, 0.15) is 15.9 Å². The van der Waals surface area contributed by atoms with Crippen molar-refractivity contribution in [2.24, 2.45) is 0 Å². The fourth-order valence-corrected chi connectivity index (χ4v) is 3.20. The van der Waals surface area contributed by atoms with Gasteiger partial charge in [-0.2, -0.15) is 0 Å². The second-order valence-corrected chi connectivity index (χ2v) is 6.82. The molecule has 1 aliphatic rings. The molecule has 1 heterocycles. The fourth-order valence-electron chi connectivity index (χ4n) is 2.54. The predicted octanol–water partition coefficient (Wildman–Crippen LogP) is 3.61. The normalized spacial score (nSPS) is 15.6. The largest absolute Gasteiger partial charge is 0.465 e. The third-order valence-corrected chi connectivity index (χ3v) is 5.01. The van der Waals surface area contributed by atoms with Crippen LogP contribution < -0.4 is 10.2 Å². The SMILES string of the molecule is COC(=O)c1ccc(/C=C2/C(=O)NC(=S)N(c3cccc(Cl)c3Cl)C2=O)cc1. The Morgan fingerprint density at radius 2 is 1.82 bits per heavy atom. The summed E-state index contributed by atoms with van der Waals surface area (Å²) in [5, 5.41) is 2.75. The van der Waals surface area contributed by atoms with Gasteiger partial charge in [0, 0.05) is 0 Å². The minimum absolute atomic E-state index is 0.0997. The number of carbonyl (C=O) groups is 3. The highest BCUT2D eigenvalue weighted by atomic mass is 35.5. The summed E-state index contributed by atoms with van der Waals surface area (Å²) in [7, 11) is 1.28. The van der Waals surface area contributed by atoms with Crippen LogP contribution in [0.25, 0.3) is 6.08 Å². The van der Waals surface area contributed by atoms with Crippen molar-refractivity contribution in [2.75, 3.05) is 12.0 Å². The Kier molecular flexibility index (Phi) is 5.79. The minimum atomic E-state index is -0.644. The Bertz CT molecular complexity index is 1030. The average Bonchev–Trinajstić information content (AvgIpc) is 2.68. The van der Waals surface area contributed by atoms with Crippen molar-refractivity contribution in [2.45, 2.75) is 0 Å². The van der Waals surface area contributed by atoms with E-state index in [1.54, 1.807) is 30.3 Å². The van der Waals surface area contributed by atoms with E-state index < -0.39 is 17.8 Å². The molecule has 1 aliphatic heterocycles. The number of methoxy groups -OCH3 is 1. The van der Waals surface area contributed by atoms with Crippen LogP contribution in [-0.2, 0) is 14.3 Å². The molecule has 0 aliphatic carbocycles. The molecule has 6 nitrogen and oxygen atoms in total. The maximum Gasteiger partial charge on any atom is 0.337 e. The second-order valence-electron chi connectivity index (χ2n) is 5.64. The van der Waals surface area contributed by atoms with Crippen LogP contribution in [0.15, 0.2) is 48.0 Å². The molecule has 1 N–H and O–H groups in total. The highest BCUT2D eigenvalue weighted by Crippen LogP contribution is 2.34. The fraction of sp³-hybridized carbons (Fsp3) is 0.0526. The molecule has 2 amide bonds. The van der Waals surface area contributed by atoms with Crippen LogP contribution in [0, 0.1) is 0 Å². The lowest BCUT2D eigenvalue weighted by Gasteiger charge is -2.29. The number of amides is 2. The van der Waals surface area contributed by atoms with Gasteiger partial charge in [0.15, 0.2) is 5.11 Å². The Labute approximate surface area is 175 Å². The zero-order valence-corrected chi connectivity index (χ0v) is 16.7. The van der Waals surface area contributed by atoms with Crippen molar-refractivity contribution >= 4 is 70.1 Å². The van der Waals surface area contributed by atoms with E-state index in [-0.39, 0.29) is 26.4 Å². The number of nitrogens with zero attached hydrogens (tertiary/aromatic N) is 1. The van der Waals surface area contributed by atoms with Crippen molar-refractivity contribution in [1.82, 2.24) is 5.32 Å². The lowest BCUT2D eigenvalue weighted by Crippen LogP contribution is -2.54. The maximum absolute atomic E-state index is 13.0. The Hall–Kier alpha value is -2.74. The first-order valence-electron chi connectivity index (χ1n) is 7.87. The molecule has 0 unspecified atom stereocenters. The van der Waals surface area contributed by atoms with Crippen LogP contribution in [0.4, 0.5) is 5.69 Å². The van der Waals surface area contributed by atoms with E-state index in [1.807, 2.05) is 0 Å². The first-order chi connectivity index (χ1) is 13.3. The van der Waals surface area contributed by atoms with Crippen LogP contribution in [0.3, 0.4) is 0 Å². The van der Waals surface area contributed by atoms with Crippen LogP contribution in [0.2, 0.25) is 10.0 Å². The quantitative estimate of drug-likeness (QED) is 0.345. The minimum Gasteiger partial charge on any atom is -0.465 e. The monoisotopic (exact) mass is 434 g/mol. The van der Waals surface area contributed by atoms with Gasteiger partial charge in [0.2, 0.25) is 0 Å². The van der Waals surface area contributed by atoms with Gasteiger partial charge < -0.3 is 4.74 Å². The molecule has 2 aromatic carbocycles. The summed E-state index contributed by atoms with van der Waals surface area (Å²) in [5.74, 6) is -1.77. The molecule has 142 valence electrons. The van der Waals surface area contributed by atoms with E-state index >= 15 is 0 Å². The highest BCUT2D eigenvalue weighted by Gasteiger charge is 2.35. The summed E-state index contributed by atoms with van der Waals surface area (Å²) < 4.78 is 4.64. The van der Waals surface area contributed by atoms with E-state index in [2.05, 4.69) is 10.1 Å². The van der Waals surface area contributed by atoms with Gasteiger partial charge in [-0.25, -0.2) is 4.79 Å². The van der Waals surface area contributed by atoms with Crippen LogP contribution in [-0.4, -0.2) is 30.0 Å². The van der Waals surface area contributed by atoms with E-state index in [0.717, 1.165) is 4.90 Å². The van der Waals surface area contributed by atoms with Crippen LogP contribution in [0.5, 0.6) is 0 Å². The van der Waals surface area contributed by atoms with Gasteiger partial charge in [0.05, 0.1) is 28.4 Å².